The van der Waals surface area contributed by atoms with Crippen molar-refractivity contribution in [2.45, 2.75) is 25.4 Å². The number of ether oxygens (including phenoxy) is 1. The SMILES string of the molecule is O=C(COc1ccc(F)cc1)NCc1nc(C2CC(=O)N(Cc3ccccc3)C2)no1. The molecule has 4 rings (SSSR count). The molecule has 1 fully saturated rings. The van der Waals surface area contributed by atoms with E-state index in [9.17, 15) is 14.0 Å². The summed E-state index contributed by atoms with van der Waals surface area (Å²) < 4.78 is 23.4. The van der Waals surface area contributed by atoms with Crippen LogP contribution in [-0.4, -0.2) is 40.0 Å². The average Bonchev–Trinajstić information content (AvgIpc) is 3.39. The van der Waals surface area contributed by atoms with E-state index in [2.05, 4.69) is 15.5 Å². The van der Waals surface area contributed by atoms with Crippen LogP contribution >= 0.6 is 0 Å². The van der Waals surface area contributed by atoms with Crippen LogP contribution in [-0.2, 0) is 22.7 Å². The summed E-state index contributed by atoms with van der Waals surface area (Å²) in [7, 11) is 0. The lowest BCUT2D eigenvalue weighted by Gasteiger charge is -2.15. The van der Waals surface area contributed by atoms with Crippen molar-refractivity contribution in [2.75, 3.05) is 13.2 Å². The quantitative estimate of drug-likeness (QED) is 0.597. The van der Waals surface area contributed by atoms with Crippen molar-refractivity contribution in [2.24, 2.45) is 0 Å². The molecule has 160 valence electrons. The van der Waals surface area contributed by atoms with E-state index in [-0.39, 0.29) is 42.6 Å². The Morgan fingerprint density at radius 1 is 1.19 bits per heavy atom. The van der Waals surface area contributed by atoms with Gasteiger partial charge in [-0.05, 0) is 29.8 Å². The molecule has 2 aromatic carbocycles. The number of halogens is 1. The topological polar surface area (TPSA) is 97.6 Å². The van der Waals surface area contributed by atoms with Crippen LogP contribution in [0.2, 0.25) is 0 Å². The molecule has 0 aliphatic carbocycles. The minimum absolute atomic E-state index is 0.0476. The van der Waals surface area contributed by atoms with Gasteiger partial charge in [-0.1, -0.05) is 35.5 Å². The van der Waals surface area contributed by atoms with Gasteiger partial charge in [0.15, 0.2) is 12.4 Å². The van der Waals surface area contributed by atoms with Crippen LogP contribution in [0.1, 0.15) is 29.6 Å². The number of rotatable bonds is 8. The van der Waals surface area contributed by atoms with Gasteiger partial charge in [-0.3, -0.25) is 9.59 Å². The van der Waals surface area contributed by atoms with Crippen LogP contribution in [0, 0.1) is 5.82 Å². The molecule has 1 aliphatic heterocycles. The van der Waals surface area contributed by atoms with E-state index in [4.69, 9.17) is 9.26 Å². The lowest BCUT2D eigenvalue weighted by atomic mass is 10.1. The van der Waals surface area contributed by atoms with Gasteiger partial charge in [-0.2, -0.15) is 4.98 Å². The number of carbonyl (C=O) groups is 2. The third-order valence-corrected chi connectivity index (χ3v) is 4.90. The number of nitrogens with zero attached hydrogens (tertiary/aromatic N) is 3. The van der Waals surface area contributed by atoms with Crippen molar-refractivity contribution in [1.82, 2.24) is 20.4 Å². The van der Waals surface area contributed by atoms with E-state index in [1.54, 1.807) is 4.90 Å². The molecule has 1 aliphatic rings. The summed E-state index contributed by atoms with van der Waals surface area (Å²) in [5, 5.41) is 6.59. The Labute approximate surface area is 178 Å². The maximum absolute atomic E-state index is 12.9. The van der Waals surface area contributed by atoms with Crippen molar-refractivity contribution >= 4 is 11.8 Å². The average molecular weight is 424 g/mol. The highest BCUT2D eigenvalue weighted by Crippen LogP contribution is 2.27. The molecule has 0 saturated carbocycles. The minimum Gasteiger partial charge on any atom is -0.484 e. The first-order valence-corrected chi connectivity index (χ1v) is 9.86. The first kappa shape index (κ1) is 20.5. The molecule has 1 atom stereocenters. The number of carbonyl (C=O) groups excluding carboxylic acids is 2. The number of aromatic nitrogens is 2. The number of hydrogen-bond donors (Lipinski definition) is 1. The van der Waals surface area contributed by atoms with Crippen molar-refractivity contribution in [3.63, 3.8) is 0 Å². The molecule has 1 saturated heterocycles. The van der Waals surface area contributed by atoms with Crippen molar-refractivity contribution < 1.29 is 23.2 Å². The molecule has 0 radical (unpaired) electrons. The number of amides is 2. The third-order valence-electron chi connectivity index (χ3n) is 4.90. The first-order chi connectivity index (χ1) is 15.1. The highest BCUT2D eigenvalue weighted by atomic mass is 19.1. The fourth-order valence-corrected chi connectivity index (χ4v) is 3.31. The van der Waals surface area contributed by atoms with Crippen LogP contribution in [0.3, 0.4) is 0 Å². The van der Waals surface area contributed by atoms with Crippen molar-refractivity contribution in [3.8, 4) is 5.75 Å². The summed E-state index contributed by atoms with van der Waals surface area (Å²) in [5.41, 5.74) is 1.07. The van der Waals surface area contributed by atoms with E-state index in [1.165, 1.54) is 24.3 Å². The number of hydrogen-bond acceptors (Lipinski definition) is 6. The molecule has 0 bridgehead atoms. The smallest absolute Gasteiger partial charge is 0.258 e. The van der Waals surface area contributed by atoms with Gasteiger partial charge in [-0.25, -0.2) is 4.39 Å². The molecular weight excluding hydrogens is 403 g/mol. The van der Waals surface area contributed by atoms with Crippen LogP contribution < -0.4 is 10.1 Å². The monoisotopic (exact) mass is 424 g/mol. The molecule has 0 spiro atoms. The Hall–Kier alpha value is -3.75. The lowest BCUT2D eigenvalue weighted by Crippen LogP contribution is -2.28. The van der Waals surface area contributed by atoms with Crippen molar-refractivity contribution in [1.29, 1.82) is 0 Å². The molecule has 1 unspecified atom stereocenters. The second-order valence-electron chi connectivity index (χ2n) is 7.23. The number of nitrogens with one attached hydrogen (secondary N) is 1. The van der Waals surface area contributed by atoms with Crippen LogP contribution in [0.25, 0.3) is 0 Å². The van der Waals surface area contributed by atoms with E-state index < -0.39 is 0 Å². The summed E-state index contributed by atoms with van der Waals surface area (Å²) in [4.78, 5) is 30.4. The van der Waals surface area contributed by atoms with Gasteiger partial charge in [0.1, 0.15) is 11.6 Å². The van der Waals surface area contributed by atoms with E-state index >= 15 is 0 Å². The van der Waals surface area contributed by atoms with Gasteiger partial charge in [0.05, 0.1) is 6.54 Å². The molecule has 31 heavy (non-hydrogen) atoms. The second-order valence-corrected chi connectivity index (χ2v) is 7.23. The summed E-state index contributed by atoms with van der Waals surface area (Å²) >= 11 is 0. The Morgan fingerprint density at radius 3 is 2.74 bits per heavy atom. The highest BCUT2D eigenvalue weighted by molar-refractivity contribution is 5.79. The van der Waals surface area contributed by atoms with Gasteiger partial charge in [-0.15, -0.1) is 0 Å². The summed E-state index contributed by atoms with van der Waals surface area (Å²) in [6.07, 6.45) is 0.323. The number of likely N-dealkylation sites (tertiary alicyclic amines) is 1. The lowest BCUT2D eigenvalue weighted by molar-refractivity contribution is -0.128. The molecule has 2 heterocycles. The van der Waals surface area contributed by atoms with Crippen LogP contribution in [0.4, 0.5) is 4.39 Å². The van der Waals surface area contributed by atoms with Gasteiger partial charge in [0.2, 0.25) is 11.8 Å². The van der Waals surface area contributed by atoms with Crippen LogP contribution in [0.15, 0.2) is 59.1 Å². The Kier molecular flexibility index (Phi) is 6.21. The molecular formula is C22H21FN4O4. The minimum atomic E-state index is -0.380. The Balaban J connectivity index is 1.25. The van der Waals surface area contributed by atoms with Gasteiger partial charge < -0.3 is 19.5 Å². The second kappa shape index (κ2) is 9.38. The van der Waals surface area contributed by atoms with E-state index in [0.717, 1.165) is 5.56 Å². The maximum atomic E-state index is 12.9. The molecule has 3 aromatic rings. The van der Waals surface area contributed by atoms with Gasteiger partial charge in [0, 0.05) is 25.4 Å². The van der Waals surface area contributed by atoms with Gasteiger partial charge in [0.25, 0.3) is 5.91 Å². The summed E-state index contributed by atoms with van der Waals surface area (Å²) in [6.45, 7) is 0.890. The molecule has 9 heteroatoms. The summed E-state index contributed by atoms with van der Waals surface area (Å²) in [6, 6.07) is 15.2. The number of benzene rings is 2. The third kappa shape index (κ3) is 5.44. The molecule has 1 aromatic heterocycles. The predicted octanol–water partition coefficient (Wildman–Crippen LogP) is 2.42. The van der Waals surface area contributed by atoms with Crippen LogP contribution in [0.5, 0.6) is 5.75 Å². The first-order valence-electron chi connectivity index (χ1n) is 9.86. The van der Waals surface area contributed by atoms with E-state index in [1.807, 2.05) is 30.3 Å². The van der Waals surface area contributed by atoms with Gasteiger partial charge >= 0.3 is 0 Å². The fourth-order valence-electron chi connectivity index (χ4n) is 3.31. The zero-order valence-electron chi connectivity index (χ0n) is 16.7. The normalized spacial score (nSPS) is 15.8. The Bertz CT molecular complexity index is 1040. The molecule has 2 amide bonds. The standard InChI is InChI=1S/C22H21FN4O4/c23-17-6-8-18(9-7-17)30-14-19(28)24-11-20-25-22(26-31-20)16-10-21(29)27(13-16)12-15-4-2-1-3-5-15/h1-9,16H,10-14H2,(H,24,28). The predicted molar refractivity (Wildman–Crippen MR) is 107 cm³/mol. The van der Waals surface area contributed by atoms with Crippen molar-refractivity contribution in [3.05, 3.63) is 77.7 Å². The maximum Gasteiger partial charge on any atom is 0.258 e. The fraction of sp³-hybridized carbons (Fsp3) is 0.273. The zero-order valence-corrected chi connectivity index (χ0v) is 16.7. The molecule has 1 N–H and O–H groups in total. The Morgan fingerprint density at radius 2 is 1.97 bits per heavy atom. The van der Waals surface area contributed by atoms with E-state index in [0.29, 0.717) is 31.1 Å². The zero-order chi connectivity index (χ0) is 21.6. The summed E-state index contributed by atoms with van der Waals surface area (Å²) in [5.74, 6) is 0.236. The molecule has 8 nitrogen and oxygen atoms in total. The largest absolute Gasteiger partial charge is 0.484 e. The highest BCUT2D eigenvalue weighted by Gasteiger charge is 2.33.